The summed E-state index contributed by atoms with van der Waals surface area (Å²) >= 11 is 0. The summed E-state index contributed by atoms with van der Waals surface area (Å²) in [5.74, 6) is 1.25. The minimum Gasteiger partial charge on any atom is -0.361 e. The van der Waals surface area contributed by atoms with E-state index in [1.54, 1.807) is 0 Å². The highest BCUT2D eigenvalue weighted by atomic mass is 16.1. The van der Waals surface area contributed by atoms with Gasteiger partial charge in [-0.25, -0.2) is 0 Å². The summed E-state index contributed by atoms with van der Waals surface area (Å²) in [4.78, 5) is 24.9. The molecule has 148 valence electrons. The first-order chi connectivity index (χ1) is 13.5. The third-order valence-electron chi connectivity index (χ3n) is 5.76. The number of nitrogens with zero attached hydrogens (tertiary/aromatic N) is 4. The zero-order chi connectivity index (χ0) is 19.7. The molecule has 28 heavy (non-hydrogen) atoms. The zero-order valence-corrected chi connectivity index (χ0v) is 16.8. The van der Waals surface area contributed by atoms with Gasteiger partial charge in [-0.15, -0.1) is 5.10 Å². The van der Waals surface area contributed by atoms with Gasteiger partial charge in [-0.3, -0.25) is 9.89 Å². The van der Waals surface area contributed by atoms with Gasteiger partial charge in [0.2, 0.25) is 5.95 Å². The second-order valence-corrected chi connectivity index (χ2v) is 8.06. The third-order valence-corrected chi connectivity index (χ3v) is 5.76. The zero-order valence-electron chi connectivity index (χ0n) is 16.8. The van der Waals surface area contributed by atoms with Crippen LogP contribution in [0, 0.1) is 5.92 Å². The van der Waals surface area contributed by atoms with Crippen molar-refractivity contribution < 1.29 is 4.79 Å². The molecule has 4 rings (SSSR count). The van der Waals surface area contributed by atoms with Crippen LogP contribution >= 0.6 is 0 Å². The number of para-hydroxylation sites is 1. The first-order valence-corrected chi connectivity index (χ1v) is 9.97. The van der Waals surface area contributed by atoms with Crippen LogP contribution in [0.5, 0.6) is 0 Å². The largest absolute Gasteiger partial charge is 0.361 e. The number of aromatic amines is 2. The fourth-order valence-electron chi connectivity index (χ4n) is 3.91. The average molecular weight is 380 g/mol. The highest BCUT2D eigenvalue weighted by Gasteiger charge is 2.24. The van der Waals surface area contributed by atoms with E-state index in [0.29, 0.717) is 24.2 Å². The fourth-order valence-corrected chi connectivity index (χ4v) is 3.91. The number of benzene rings is 1. The molecule has 2 aromatic heterocycles. The van der Waals surface area contributed by atoms with Crippen LogP contribution in [0.3, 0.4) is 0 Å². The van der Waals surface area contributed by atoms with Crippen molar-refractivity contribution in [3.63, 3.8) is 0 Å². The molecule has 0 bridgehead atoms. The number of rotatable bonds is 6. The Morgan fingerprint density at radius 2 is 2.14 bits per heavy atom. The van der Waals surface area contributed by atoms with Crippen LogP contribution in [-0.2, 0) is 6.42 Å². The van der Waals surface area contributed by atoms with E-state index in [2.05, 4.69) is 63.0 Å². The predicted molar refractivity (Wildman–Crippen MR) is 111 cm³/mol. The Bertz CT molecular complexity index is 961. The van der Waals surface area contributed by atoms with Gasteiger partial charge in [0.15, 0.2) is 11.6 Å². The standard InChI is InChI=1S/C21H28N6O/c1-14(10-16-12-22-18-7-5-4-6-17(16)18)11-19(28)20-23-21(25-24-20)27-9-8-26(3)15(2)13-27/h4-7,12,14-15,22H,8-11,13H2,1-3H3,(H,23,24,25). The molecule has 3 heterocycles. The van der Waals surface area contributed by atoms with E-state index >= 15 is 0 Å². The van der Waals surface area contributed by atoms with Gasteiger partial charge in [0, 0.05) is 49.2 Å². The number of aromatic nitrogens is 4. The van der Waals surface area contributed by atoms with Crippen LogP contribution in [0.2, 0.25) is 0 Å². The SMILES string of the molecule is CC(CC(=O)c1nc(N2CCN(C)C(C)C2)n[nH]1)Cc1c[nH]c2ccccc12. The molecule has 0 aliphatic carbocycles. The number of ketones is 1. The van der Waals surface area contributed by atoms with Gasteiger partial charge in [-0.2, -0.15) is 4.98 Å². The Morgan fingerprint density at radius 1 is 1.32 bits per heavy atom. The molecule has 1 aliphatic heterocycles. The third kappa shape index (κ3) is 3.80. The van der Waals surface area contributed by atoms with Crippen molar-refractivity contribution >= 4 is 22.6 Å². The number of carbonyl (C=O) groups is 1. The molecular weight excluding hydrogens is 352 g/mol. The quantitative estimate of drug-likeness (QED) is 0.643. The highest BCUT2D eigenvalue weighted by molar-refractivity contribution is 5.93. The highest BCUT2D eigenvalue weighted by Crippen LogP contribution is 2.23. The van der Waals surface area contributed by atoms with Crippen LogP contribution in [0.15, 0.2) is 30.5 Å². The number of anilines is 1. The van der Waals surface area contributed by atoms with Gasteiger partial charge in [0.1, 0.15) is 0 Å². The van der Waals surface area contributed by atoms with E-state index in [1.165, 1.54) is 10.9 Å². The molecule has 0 spiro atoms. The molecular formula is C21H28N6O. The Hall–Kier alpha value is -2.67. The number of likely N-dealkylation sites (N-methyl/N-ethyl adjacent to an activating group) is 1. The molecule has 3 aromatic rings. The minimum atomic E-state index is 0.0215. The normalized spacial score (nSPS) is 19.2. The molecule has 1 fully saturated rings. The van der Waals surface area contributed by atoms with E-state index in [-0.39, 0.29) is 11.7 Å². The Morgan fingerprint density at radius 3 is 2.96 bits per heavy atom. The summed E-state index contributed by atoms with van der Waals surface area (Å²) in [6, 6.07) is 8.71. The molecule has 2 atom stereocenters. The molecule has 0 saturated carbocycles. The monoisotopic (exact) mass is 380 g/mol. The molecule has 1 aromatic carbocycles. The molecule has 2 N–H and O–H groups in total. The lowest BCUT2D eigenvalue weighted by atomic mass is 9.95. The fraction of sp³-hybridized carbons (Fsp3) is 0.476. The molecule has 2 unspecified atom stereocenters. The Labute approximate surface area is 165 Å². The van der Waals surface area contributed by atoms with E-state index < -0.39 is 0 Å². The van der Waals surface area contributed by atoms with Gasteiger partial charge >= 0.3 is 0 Å². The molecule has 0 amide bonds. The summed E-state index contributed by atoms with van der Waals surface area (Å²) in [6.07, 6.45) is 3.35. The number of carbonyl (C=O) groups excluding carboxylic acids is 1. The first kappa shape index (κ1) is 18.7. The van der Waals surface area contributed by atoms with E-state index in [9.17, 15) is 4.79 Å². The smallest absolute Gasteiger partial charge is 0.245 e. The van der Waals surface area contributed by atoms with Gasteiger partial charge in [-0.1, -0.05) is 25.1 Å². The summed E-state index contributed by atoms with van der Waals surface area (Å²) in [5.41, 5.74) is 2.39. The van der Waals surface area contributed by atoms with Crippen LogP contribution in [0.4, 0.5) is 5.95 Å². The molecule has 7 heteroatoms. The molecule has 1 aliphatic rings. The maximum Gasteiger partial charge on any atom is 0.245 e. The maximum atomic E-state index is 12.7. The first-order valence-electron chi connectivity index (χ1n) is 9.97. The second-order valence-electron chi connectivity index (χ2n) is 8.06. The van der Waals surface area contributed by atoms with E-state index in [0.717, 1.165) is 31.6 Å². The van der Waals surface area contributed by atoms with Gasteiger partial charge < -0.3 is 14.8 Å². The van der Waals surface area contributed by atoms with Gasteiger partial charge in [0.05, 0.1) is 0 Å². The van der Waals surface area contributed by atoms with Crippen LogP contribution in [-0.4, -0.2) is 63.6 Å². The van der Waals surface area contributed by atoms with Crippen molar-refractivity contribution in [1.82, 2.24) is 25.1 Å². The maximum absolute atomic E-state index is 12.7. The summed E-state index contributed by atoms with van der Waals surface area (Å²) in [6.45, 7) is 7.03. The summed E-state index contributed by atoms with van der Waals surface area (Å²) < 4.78 is 0. The lowest BCUT2D eigenvalue weighted by Gasteiger charge is -2.37. The van der Waals surface area contributed by atoms with E-state index in [4.69, 9.17) is 0 Å². The lowest BCUT2D eigenvalue weighted by Crippen LogP contribution is -2.50. The van der Waals surface area contributed by atoms with Gasteiger partial charge in [0.25, 0.3) is 0 Å². The number of hydrogen-bond donors (Lipinski definition) is 2. The number of piperazine rings is 1. The molecule has 1 saturated heterocycles. The number of hydrogen-bond acceptors (Lipinski definition) is 5. The van der Waals surface area contributed by atoms with Gasteiger partial charge in [-0.05, 0) is 37.9 Å². The van der Waals surface area contributed by atoms with E-state index in [1.807, 2.05) is 18.3 Å². The Kier molecular flexibility index (Phi) is 5.17. The van der Waals surface area contributed by atoms with Crippen molar-refractivity contribution in [1.29, 1.82) is 0 Å². The van der Waals surface area contributed by atoms with Crippen LogP contribution in [0.25, 0.3) is 10.9 Å². The Balaban J connectivity index is 1.38. The number of nitrogens with one attached hydrogen (secondary N) is 2. The van der Waals surface area contributed by atoms with Crippen molar-refractivity contribution in [2.24, 2.45) is 5.92 Å². The topological polar surface area (TPSA) is 80.9 Å². The molecule has 7 nitrogen and oxygen atoms in total. The lowest BCUT2D eigenvalue weighted by molar-refractivity contribution is 0.0955. The van der Waals surface area contributed by atoms with Crippen LogP contribution in [0.1, 0.15) is 36.5 Å². The van der Waals surface area contributed by atoms with Crippen molar-refractivity contribution in [2.45, 2.75) is 32.7 Å². The summed E-state index contributed by atoms with van der Waals surface area (Å²) in [5, 5.41) is 8.37. The number of H-pyrrole nitrogens is 2. The van der Waals surface area contributed by atoms with Crippen LogP contribution < -0.4 is 4.90 Å². The number of fused-ring (bicyclic) bond motifs is 1. The molecule has 0 radical (unpaired) electrons. The minimum absolute atomic E-state index is 0.0215. The summed E-state index contributed by atoms with van der Waals surface area (Å²) in [7, 11) is 2.13. The second kappa shape index (κ2) is 7.75. The van der Waals surface area contributed by atoms with Crippen molar-refractivity contribution in [3.05, 3.63) is 41.9 Å². The number of Topliss-reactive ketones (excluding diaryl/α,β-unsaturated/α-hetero) is 1. The average Bonchev–Trinajstić information content (AvgIpc) is 3.32. The van der Waals surface area contributed by atoms with Crippen molar-refractivity contribution in [3.8, 4) is 0 Å². The van der Waals surface area contributed by atoms with Crippen molar-refractivity contribution in [2.75, 3.05) is 31.6 Å². The predicted octanol–water partition coefficient (Wildman–Crippen LogP) is 2.88.